The molecule has 2 heterocycles. The van der Waals surface area contributed by atoms with E-state index >= 15 is 0 Å². The summed E-state index contributed by atoms with van der Waals surface area (Å²) in [6.45, 7) is 5.88. The molecule has 1 aliphatic rings. The van der Waals surface area contributed by atoms with Crippen LogP contribution in [-0.2, 0) is 13.0 Å². The summed E-state index contributed by atoms with van der Waals surface area (Å²) in [6, 6.07) is 8.54. The molecule has 2 aromatic rings. The summed E-state index contributed by atoms with van der Waals surface area (Å²) in [5.41, 5.74) is 3.77. The molecule has 0 aliphatic carbocycles. The maximum Gasteiger partial charge on any atom is 0.198 e. The number of guanidine groups is 1. The first kappa shape index (κ1) is 17.2. The molecule has 22 heavy (non-hydrogen) atoms. The van der Waals surface area contributed by atoms with Crippen molar-refractivity contribution >= 4 is 47.0 Å². The molecule has 0 saturated heterocycles. The van der Waals surface area contributed by atoms with Crippen molar-refractivity contribution in [3.8, 4) is 0 Å². The molecule has 1 aromatic carbocycles. The Labute approximate surface area is 152 Å². The van der Waals surface area contributed by atoms with E-state index in [4.69, 9.17) is 0 Å². The number of aromatic nitrogens is 1. The van der Waals surface area contributed by atoms with Crippen molar-refractivity contribution in [2.75, 3.05) is 18.5 Å². The standard InChI is InChI=1S/C16H20N4S.HI/c1-11-15(21-12(2)19-11)10-18-16(17-3)20-9-8-13-6-4-5-7-14(13)20;/h4-7H,8-10H2,1-3H3,(H,17,18);1H. The lowest BCUT2D eigenvalue weighted by Crippen LogP contribution is -2.40. The summed E-state index contributed by atoms with van der Waals surface area (Å²) >= 11 is 1.75. The van der Waals surface area contributed by atoms with Gasteiger partial charge in [0.25, 0.3) is 0 Å². The van der Waals surface area contributed by atoms with Crippen molar-refractivity contribution in [3.63, 3.8) is 0 Å². The third-order valence-corrected chi connectivity index (χ3v) is 4.83. The minimum absolute atomic E-state index is 0. The summed E-state index contributed by atoms with van der Waals surface area (Å²) in [5, 5.41) is 4.59. The Morgan fingerprint density at radius 3 is 2.82 bits per heavy atom. The zero-order chi connectivity index (χ0) is 14.8. The van der Waals surface area contributed by atoms with Gasteiger partial charge >= 0.3 is 0 Å². The summed E-state index contributed by atoms with van der Waals surface area (Å²) in [7, 11) is 1.84. The monoisotopic (exact) mass is 428 g/mol. The number of hydrogen-bond acceptors (Lipinski definition) is 3. The van der Waals surface area contributed by atoms with Crippen molar-refractivity contribution in [2.45, 2.75) is 26.8 Å². The van der Waals surface area contributed by atoms with Gasteiger partial charge in [-0.25, -0.2) is 4.98 Å². The number of para-hydroxylation sites is 1. The van der Waals surface area contributed by atoms with Crippen LogP contribution in [-0.4, -0.2) is 24.5 Å². The molecule has 0 saturated carbocycles. The van der Waals surface area contributed by atoms with Crippen LogP contribution in [0.4, 0.5) is 5.69 Å². The first-order valence-corrected chi connectivity index (χ1v) is 7.99. The lowest BCUT2D eigenvalue weighted by Gasteiger charge is -2.22. The fourth-order valence-corrected chi connectivity index (χ4v) is 3.63. The molecule has 1 aromatic heterocycles. The number of hydrogen-bond donors (Lipinski definition) is 1. The van der Waals surface area contributed by atoms with Crippen LogP contribution in [0, 0.1) is 13.8 Å². The van der Waals surface area contributed by atoms with E-state index in [0.29, 0.717) is 0 Å². The average Bonchev–Trinajstić information content (AvgIpc) is 3.04. The van der Waals surface area contributed by atoms with Gasteiger partial charge in [-0.3, -0.25) is 4.99 Å². The van der Waals surface area contributed by atoms with Crippen LogP contribution in [0.5, 0.6) is 0 Å². The Balaban J connectivity index is 0.00000176. The van der Waals surface area contributed by atoms with Crippen LogP contribution in [0.2, 0.25) is 0 Å². The number of halogens is 1. The fraction of sp³-hybridized carbons (Fsp3) is 0.375. The molecule has 0 fully saturated rings. The van der Waals surface area contributed by atoms with E-state index in [1.807, 2.05) is 14.0 Å². The van der Waals surface area contributed by atoms with Crippen LogP contribution >= 0.6 is 35.3 Å². The molecule has 118 valence electrons. The smallest absolute Gasteiger partial charge is 0.198 e. The zero-order valence-electron chi connectivity index (χ0n) is 13.1. The topological polar surface area (TPSA) is 40.5 Å². The second-order valence-corrected chi connectivity index (χ2v) is 6.46. The molecular formula is C16H21IN4S. The van der Waals surface area contributed by atoms with E-state index in [1.54, 1.807) is 11.3 Å². The van der Waals surface area contributed by atoms with Crippen LogP contribution < -0.4 is 10.2 Å². The van der Waals surface area contributed by atoms with Crippen LogP contribution in [0.25, 0.3) is 0 Å². The number of fused-ring (bicyclic) bond motifs is 1. The van der Waals surface area contributed by atoms with Crippen LogP contribution in [0.1, 0.15) is 21.1 Å². The first-order chi connectivity index (χ1) is 10.2. The van der Waals surface area contributed by atoms with Gasteiger partial charge in [-0.2, -0.15) is 0 Å². The van der Waals surface area contributed by atoms with Crippen LogP contribution in [0.15, 0.2) is 29.3 Å². The Morgan fingerprint density at radius 1 is 1.36 bits per heavy atom. The molecule has 3 rings (SSSR count). The highest BCUT2D eigenvalue weighted by Gasteiger charge is 2.22. The van der Waals surface area contributed by atoms with Gasteiger partial charge in [-0.05, 0) is 31.9 Å². The Morgan fingerprint density at radius 2 is 2.14 bits per heavy atom. The number of thiazole rings is 1. The highest BCUT2D eigenvalue weighted by molar-refractivity contribution is 14.0. The second-order valence-electron chi connectivity index (χ2n) is 5.17. The van der Waals surface area contributed by atoms with E-state index in [9.17, 15) is 0 Å². The largest absolute Gasteiger partial charge is 0.351 e. The normalized spacial score (nSPS) is 13.8. The maximum atomic E-state index is 4.47. The van der Waals surface area contributed by atoms with Gasteiger partial charge in [-0.1, -0.05) is 18.2 Å². The number of nitrogens with one attached hydrogen (secondary N) is 1. The number of anilines is 1. The molecule has 1 N–H and O–H groups in total. The Kier molecular flexibility index (Phi) is 5.80. The molecular weight excluding hydrogens is 407 g/mol. The fourth-order valence-electron chi connectivity index (χ4n) is 2.75. The third kappa shape index (κ3) is 3.43. The van der Waals surface area contributed by atoms with E-state index in [2.05, 4.69) is 51.4 Å². The molecule has 0 unspecified atom stereocenters. The molecule has 0 radical (unpaired) electrons. The zero-order valence-corrected chi connectivity index (χ0v) is 16.2. The molecule has 0 atom stereocenters. The van der Waals surface area contributed by atoms with Crippen molar-refractivity contribution in [3.05, 3.63) is 45.4 Å². The molecule has 0 spiro atoms. The van der Waals surface area contributed by atoms with Crippen molar-refractivity contribution < 1.29 is 0 Å². The van der Waals surface area contributed by atoms with Crippen molar-refractivity contribution in [1.29, 1.82) is 0 Å². The minimum atomic E-state index is 0. The second kappa shape index (κ2) is 7.41. The summed E-state index contributed by atoms with van der Waals surface area (Å²) in [4.78, 5) is 12.5. The number of benzene rings is 1. The van der Waals surface area contributed by atoms with E-state index in [-0.39, 0.29) is 24.0 Å². The number of aryl methyl sites for hydroxylation is 2. The SMILES string of the molecule is CN=C(NCc1sc(C)nc1C)N1CCc2ccccc21.I. The summed E-state index contributed by atoms with van der Waals surface area (Å²) in [5.74, 6) is 0.936. The first-order valence-electron chi connectivity index (χ1n) is 7.18. The summed E-state index contributed by atoms with van der Waals surface area (Å²) in [6.07, 6.45) is 1.08. The van der Waals surface area contributed by atoms with E-state index < -0.39 is 0 Å². The predicted molar refractivity (Wildman–Crippen MR) is 105 cm³/mol. The Bertz CT molecular complexity index is 681. The quantitative estimate of drug-likeness (QED) is 0.452. The van der Waals surface area contributed by atoms with E-state index in [1.165, 1.54) is 16.1 Å². The lowest BCUT2D eigenvalue weighted by molar-refractivity contribution is 0.870. The predicted octanol–water partition coefficient (Wildman–Crippen LogP) is 3.52. The molecule has 0 bridgehead atoms. The summed E-state index contributed by atoms with van der Waals surface area (Å²) < 4.78 is 0. The highest BCUT2D eigenvalue weighted by Crippen LogP contribution is 2.27. The van der Waals surface area contributed by atoms with E-state index in [0.717, 1.165) is 36.2 Å². The van der Waals surface area contributed by atoms with Gasteiger partial charge in [0.15, 0.2) is 5.96 Å². The molecule has 0 amide bonds. The molecule has 6 heteroatoms. The molecule has 4 nitrogen and oxygen atoms in total. The van der Waals surface area contributed by atoms with Crippen molar-refractivity contribution in [1.82, 2.24) is 10.3 Å². The van der Waals surface area contributed by atoms with Gasteiger partial charge in [0.2, 0.25) is 0 Å². The highest BCUT2D eigenvalue weighted by atomic mass is 127. The van der Waals surface area contributed by atoms with Crippen molar-refractivity contribution in [2.24, 2.45) is 4.99 Å². The van der Waals surface area contributed by atoms with Crippen LogP contribution in [0.3, 0.4) is 0 Å². The maximum absolute atomic E-state index is 4.47. The average molecular weight is 428 g/mol. The van der Waals surface area contributed by atoms with Gasteiger partial charge < -0.3 is 10.2 Å². The number of aliphatic imine (C=N–C) groups is 1. The number of nitrogens with zero attached hydrogens (tertiary/aromatic N) is 3. The molecule has 1 aliphatic heterocycles. The Hall–Kier alpha value is -1.15. The van der Waals surface area contributed by atoms with Gasteiger partial charge in [0.05, 0.1) is 17.2 Å². The van der Waals surface area contributed by atoms with Gasteiger partial charge in [-0.15, -0.1) is 35.3 Å². The van der Waals surface area contributed by atoms with Gasteiger partial charge in [0.1, 0.15) is 0 Å². The number of rotatable bonds is 2. The minimum Gasteiger partial charge on any atom is -0.351 e. The third-order valence-electron chi connectivity index (χ3n) is 3.76. The lowest BCUT2D eigenvalue weighted by atomic mass is 10.2. The van der Waals surface area contributed by atoms with Gasteiger partial charge in [0, 0.05) is 24.2 Å².